The second-order valence-electron chi connectivity index (χ2n) is 9.18. The maximum Gasteiger partial charge on any atom is 0.270 e. The monoisotopic (exact) mass is 458 g/mol. The van der Waals surface area contributed by atoms with E-state index in [9.17, 15) is 4.79 Å². The Hall–Kier alpha value is -3.38. The smallest absolute Gasteiger partial charge is 0.270 e. The summed E-state index contributed by atoms with van der Waals surface area (Å²) in [5, 5.41) is 5.73. The molecule has 0 spiro atoms. The number of nitrogens with zero attached hydrogens (tertiary/aromatic N) is 2. The average Bonchev–Trinajstić information content (AvgIpc) is 3.46. The number of amides is 1. The quantitative estimate of drug-likeness (QED) is 0.412. The van der Waals surface area contributed by atoms with E-state index in [2.05, 4.69) is 66.6 Å². The number of nitrogens with one attached hydrogen (secondary N) is 2. The summed E-state index contributed by atoms with van der Waals surface area (Å²) in [7, 11) is 0. The summed E-state index contributed by atoms with van der Waals surface area (Å²) in [6.07, 6.45) is 3.27. The van der Waals surface area contributed by atoms with Gasteiger partial charge in [-0.15, -0.1) is 0 Å². The number of carbonyl (C=O) groups is 1. The summed E-state index contributed by atoms with van der Waals surface area (Å²) >= 11 is 0. The third-order valence-corrected chi connectivity index (χ3v) is 6.18. The lowest BCUT2D eigenvalue weighted by atomic mass is 9.98. The van der Waals surface area contributed by atoms with Gasteiger partial charge in [0.1, 0.15) is 17.7 Å². The molecule has 6 nitrogen and oxygen atoms in total. The molecule has 1 aliphatic rings. The first kappa shape index (κ1) is 23.8. The van der Waals surface area contributed by atoms with Gasteiger partial charge < -0.3 is 19.6 Å². The van der Waals surface area contributed by atoms with Crippen molar-refractivity contribution in [3.8, 4) is 11.6 Å². The van der Waals surface area contributed by atoms with Crippen LogP contribution in [0.3, 0.4) is 0 Å². The Morgan fingerprint density at radius 1 is 1.09 bits per heavy atom. The SMILES string of the molecule is C.CC(C)Cc1coc(-c2[nH]c(C(=O)N3CCNCC3)cc2Cc2cccc3ccccc23)n1. The van der Waals surface area contributed by atoms with E-state index in [4.69, 9.17) is 9.40 Å². The van der Waals surface area contributed by atoms with Crippen molar-refractivity contribution in [1.29, 1.82) is 0 Å². The van der Waals surface area contributed by atoms with Crippen molar-refractivity contribution in [1.82, 2.24) is 20.2 Å². The van der Waals surface area contributed by atoms with Crippen LogP contribution in [0, 0.1) is 5.92 Å². The number of hydrogen-bond donors (Lipinski definition) is 2. The van der Waals surface area contributed by atoms with Gasteiger partial charge in [-0.05, 0) is 40.3 Å². The third kappa shape index (κ3) is 4.92. The number of carbonyl (C=O) groups excluding carboxylic acids is 1. The Morgan fingerprint density at radius 3 is 2.65 bits per heavy atom. The van der Waals surface area contributed by atoms with Crippen LogP contribution in [0.1, 0.15) is 48.6 Å². The topological polar surface area (TPSA) is 74.2 Å². The zero-order valence-electron chi connectivity index (χ0n) is 19.2. The van der Waals surface area contributed by atoms with Crippen molar-refractivity contribution in [3.05, 3.63) is 77.3 Å². The molecule has 6 heteroatoms. The molecular weight excluding hydrogens is 424 g/mol. The summed E-state index contributed by atoms with van der Waals surface area (Å²) in [6, 6.07) is 16.7. The van der Waals surface area contributed by atoms with Crippen LogP contribution in [-0.4, -0.2) is 47.0 Å². The van der Waals surface area contributed by atoms with Crippen molar-refractivity contribution in [2.24, 2.45) is 5.92 Å². The minimum atomic E-state index is 0. The van der Waals surface area contributed by atoms with Gasteiger partial charge in [0.25, 0.3) is 5.91 Å². The number of aromatic nitrogens is 2. The fraction of sp³-hybridized carbons (Fsp3) is 0.357. The van der Waals surface area contributed by atoms with E-state index in [1.807, 2.05) is 11.0 Å². The van der Waals surface area contributed by atoms with E-state index in [1.54, 1.807) is 6.26 Å². The molecule has 3 heterocycles. The van der Waals surface area contributed by atoms with Crippen LogP contribution >= 0.6 is 0 Å². The second-order valence-corrected chi connectivity index (χ2v) is 9.18. The van der Waals surface area contributed by atoms with Crippen molar-refractivity contribution < 1.29 is 9.21 Å². The van der Waals surface area contributed by atoms with E-state index in [0.29, 0.717) is 37.0 Å². The largest absolute Gasteiger partial charge is 0.443 e. The van der Waals surface area contributed by atoms with Crippen LogP contribution in [0.15, 0.2) is 59.2 Å². The van der Waals surface area contributed by atoms with Crippen LogP contribution in [0.4, 0.5) is 0 Å². The molecule has 0 atom stereocenters. The van der Waals surface area contributed by atoms with Crippen LogP contribution < -0.4 is 5.32 Å². The highest BCUT2D eigenvalue weighted by Gasteiger charge is 2.24. The first-order valence-corrected chi connectivity index (χ1v) is 11.7. The number of hydrogen-bond acceptors (Lipinski definition) is 4. The molecule has 0 unspecified atom stereocenters. The van der Waals surface area contributed by atoms with Gasteiger partial charge >= 0.3 is 0 Å². The maximum atomic E-state index is 13.2. The number of rotatable bonds is 6. The molecule has 34 heavy (non-hydrogen) atoms. The molecule has 2 aromatic heterocycles. The van der Waals surface area contributed by atoms with E-state index in [0.717, 1.165) is 36.5 Å². The molecule has 0 bridgehead atoms. The Bertz CT molecular complexity index is 1260. The van der Waals surface area contributed by atoms with Gasteiger partial charge in [-0.25, -0.2) is 4.98 Å². The highest BCUT2D eigenvalue weighted by Crippen LogP contribution is 2.29. The number of piperazine rings is 1. The molecule has 1 amide bonds. The summed E-state index contributed by atoms with van der Waals surface area (Å²) < 4.78 is 5.88. The predicted molar refractivity (Wildman–Crippen MR) is 137 cm³/mol. The maximum absolute atomic E-state index is 13.2. The van der Waals surface area contributed by atoms with E-state index < -0.39 is 0 Å². The van der Waals surface area contributed by atoms with Gasteiger partial charge in [0.05, 0.1) is 5.69 Å². The Kier molecular flexibility index (Phi) is 7.17. The van der Waals surface area contributed by atoms with E-state index in [1.165, 1.54) is 16.3 Å². The zero-order valence-corrected chi connectivity index (χ0v) is 19.2. The molecule has 5 rings (SSSR count). The van der Waals surface area contributed by atoms with Crippen molar-refractivity contribution >= 4 is 16.7 Å². The van der Waals surface area contributed by atoms with Gasteiger partial charge in [-0.3, -0.25) is 4.79 Å². The number of fused-ring (bicyclic) bond motifs is 1. The molecule has 0 aliphatic carbocycles. The molecule has 0 saturated carbocycles. The van der Waals surface area contributed by atoms with E-state index >= 15 is 0 Å². The molecule has 1 fully saturated rings. The van der Waals surface area contributed by atoms with Gasteiger partial charge in [0, 0.05) is 32.6 Å². The lowest BCUT2D eigenvalue weighted by Gasteiger charge is -2.26. The number of H-pyrrole nitrogens is 1. The van der Waals surface area contributed by atoms with Gasteiger partial charge in [-0.1, -0.05) is 63.7 Å². The van der Waals surface area contributed by atoms with Crippen molar-refractivity contribution in [2.45, 2.75) is 34.1 Å². The number of aromatic amines is 1. The normalized spacial score (nSPS) is 13.9. The summed E-state index contributed by atoms with van der Waals surface area (Å²) in [6.45, 7) is 7.39. The van der Waals surface area contributed by atoms with E-state index in [-0.39, 0.29) is 13.3 Å². The molecule has 1 aliphatic heterocycles. The lowest BCUT2D eigenvalue weighted by molar-refractivity contribution is 0.0730. The molecule has 2 N–H and O–H groups in total. The number of oxazole rings is 1. The standard InChI is InChI=1S/C27H30N4O2.CH4/c1-18(2)14-22-17-33-26(29-22)25-21(15-20-8-5-7-19-6-3-4-9-23(19)20)16-24(30-25)27(32)31-12-10-28-11-13-31;/h3-9,16-18,28,30H,10-15H2,1-2H3;1H4. The Morgan fingerprint density at radius 2 is 1.85 bits per heavy atom. The summed E-state index contributed by atoms with van der Waals surface area (Å²) in [4.78, 5) is 23.2. The van der Waals surface area contributed by atoms with Gasteiger partial charge in [0.2, 0.25) is 5.89 Å². The minimum absolute atomic E-state index is 0. The Labute approximate surface area is 201 Å². The fourth-order valence-electron chi connectivity index (χ4n) is 4.57. The highest BCUT2D eigenvalue weighted by atomic mass is 16.3. The van der Waals surface area contributed by atoms with Gasteiger partial charge in [-0.2, -0.15) is 0 Å². The summed E-state index contributed by atoms with van der Waals surface area (Å²) in [5.41, 5.74) is 4.54. The number of benzene rings is 2. The third-order valence-electron chi connectivity index (χ3n) is 6.18. The predicted octanol–water partition coefficient (Wildman–Crippen LogP) is 5.29. The summed E-state index contributed by atoms with van der Waals surface area (Å²) in [5.74, 6) is 1.06. The van der Waals surface area contributed by atoms with Gasteiger partial charge in [0.15, 0.2) is 0 Å². The first-order valence-electron chi connectivity index (χ1n) is 11.7. The van der Waals surface area contributed by atoms with Crippen molar-refractivity contribution in [2.75, 3.05) is 26.2 Å². The van der Waals surface area contributed by atoms with Crippen LogP contribution in [-0.2, 0) is 12.8 Å². The Balaban J connectivity index is 0.00000274. The molecule has 1 saturated heterocycles. The first-order chi connectivity index (χ1) is 16.1. The zero-order chi connectivity index (χ0) is 22.8. The molecular formula is C28H34N4O2. The molecule has 178 valence electrons. The fourth-order valence-corrected chi connectivity index (χ4v) is 4.57. The second kappa shape index (κ2) is 10.3. The lowest BCUT2D eigenvalue weighted by Crippen LogP contribution is -2.46. The van der Waals surface area contributed by atoms with Crippen LogP contribution in [0.25, 0.3) is 22.4 Å². The highest BCUT2D eigenvalue weighted by molar-refractivity contribution is 5.94. The van der Waals surface area contributed by atoms with Crippen molar-refractivity contribution in [3.63, 3.8) is 0 Å². The van der Waals surface area contributed by atoms with Crippen LogP contribution in [0.2, 0.25) is 0 Å². The average molecular weight is 459 g/mol. The minimum Gasteiger partial charge on any atom is -0.443 e. The molecule has 4 aromatic rings. The molecule has 2 aromatic carbocycles. The molecule has 0 radical (unpaired) electrons. The van der Waals surface area contributed by atoms with Crippen LogP contribution in [0.5, 0.6) is 0 Å².